The van der Waals surface area contributed by atoms with Gasteiger partial charge in [0.25, 0.3) is 0 Å². The van der Waals surface area contributed by atoms with Crippen molar-refractivity contribution >= 4 is 40.2 Å². The summed E-state index contributed by atoms with van der Waals surface area (Å²) in [6.07, 6.45) is 0.932. The Bertz CT molecular complexity index is 616. The monoisotopic (exact) mass is 413 g/mol. The van der Waals surface area contributed by atoms with Crippen LogP contribution in [0.25, 0.3) is 0 Å². The van der Waals surface area contributed by atoms with Crippen LogP contribution in [-0.2, 0) is 12.2 Å². The normalized spacial score (nSPS) is 10.7. The highest BCUT2D eigenvalue weighted by Crippen LogP contribution is 2.26. The molecule has 0 atom stereocenters. The van der Waals surface area contributed by atoms with Crippen LogP contribution in [0, 0.1) is 10.5 Å². The van der Waals surface area contributed by atoms with E-state index in [1.54, 1.807) is 11.8 Å². The fourth-order valence-corrected chi connectivity index (χ4v) is 3.69. The number of anilines is 1. The van der Waals surface area contributed by atoms with E-state index in [4.69, 9.17) is 4.98 Å². The first-order valence-electron chi connectivity index (χ1n) is 7.13. The number of hydrogen-bond acceptors (Lipinski definition) is 4. The number of nitrogens with zero attached hydrogens (tertiary/aromatic N) is 2. The Balaban J connectivity index is 2.20. The molecule has 21 heavy (non-hydrogen) atoms. The quantitative estimate of drug-likeness (QED) is 0.552. The molecule has 112 valence electrons. The Morgan fingerprint density at radius 2 is 1.95 bits per heavy atom. The van der Waals surface area contributed by atoms with Crippen LogP contribution < -0.4 is 5.32 Å². The predicted octanol–water partition coefficient (Wildman–Crippen LogP) is 4.68. The zero-order valence-electron chi connectivity index (χ0n) is 12.6. The van der Waals surface area contributed by atoms with Crippen molar-refractivity contribution < 1.29 is 0 Å². The van der Waals surface area contributed by atoms with Crippen LogP contribution in [0.3, 0.4) is 0 Å². The lowest BCUT2D eigenvalue weighted by Gasteiger charge is -2.11. The summed E-state index contributed by atoms with van der Waals surface area (Å²) in [6.45, 7) is 7.24. The van der Waals surface area contributed by atoms with Crippen molar-refractivity contribution in [3.05, 3.63) is 44.9 Å². The van der Waals surface area contributed by atoms with E-state index in [-0.39, 0.29) is 0 Å². The minimum absolute atomic E-state index is 0.799. The van der Waals surface area contributed by atoms with Crippen LogP contribution in [-0.4, -0.2) is 16.5 Å². The molecule has 0 saturated heterocycles. The molecule has 1 aromatic carbocycles. The van der Waals surface area contributed by atoms with Crippen LogP contribution in [0.2, 0.25) is 0 Å². The maximum Gasteiger partial charge on any atom is 0.143 e. The molecule has 0 bridgehead atoms. The molecule has 0 amide bonds. The smallest absolute Gasteiger partial charge is 0.143 e. The van der Waals surface area contributed by atoms with Crippen molar-refractivity contribution in [1.82, 2.24) is 9.97 Å². The minimum Gasteiger partial charge on any atom is -0.369 e. The topological polar surface area (TPSA) is 37.8 Å². The second-order valence-corrected chi connectivity index (χ2v) is 6.78. The number of benzene rings is 1. The Morgan fingerprint density at radius 3 is 2.62 bits per heavy atom. The third-order valence-corrected chi connectivity index (χ3v) is 5.40. The van der Waals surface area contributed by atoms with Crippen molar-refractivity contribution in [2.24, 2.45) is 0 Å². The standard InChI is InChI=1S/C16H20IN3S/c1-4-12-15(17)16(18-5-2)20-14(19-12)10-21-13-9-7-6-8-11(13)3/h6-9H,4-5,10H2,1-3H3,(H,18,19,20). The molecule has 0 aliphatic rings. The van der Waals surface area contributed by atoms with E-state index < -0.39 is 0 Å². The van der Waals surface area contributed by atoms with Gasteiger partial charge in [-0.3, -0.25) is 0 Å². The summed E-state index contributed by atoms with van der Waals surface area (Å²) in [5.41, 5.74) is 2.43. The molecule has 0 fully saturated rings. The van der Waals surface area contributed by atoms with Gasteiger partial charge < -0.3 is 5.32 Å². The summed E-state index contributed by atoms with van der Waals surface area (Å²) in [5.74, 6) is 2.66. The second kappa shape index (κ2) is 7.98. The molecule has 0 unspecified atom stereocenters. The summed E-state index contributed by atoms with van der Waals surface area (Å²) in [7, 11) is 0. The number of aromatic nitrogens is 2. The third-order valence-electron chi connectivity index (χ3n) is 3.10. The molecular formula is C16H20IN3S. The summed E-state index contributed by atoms with van der Waals surface area (Å²) in [6, 6.07) is 8.43. The van der Waals surface area contributed by atoms with E-state index in [1.165, 1.54) is 10.5 Å². The summed E-state index contributed by atoms with van der Waals surface area (Å²) in [5, 5.41) is 3.33. The van der Waals surface area contributed by atoms with Crippen molar-refractivity contribution in [3.8, 4) is 0 Å². The first-order valence-corrected chi connectivity index (χ1v) is 9.19. The van der Waals surface area contributed by atoms with Gasteiger partial charge in [0.15, 0.2) is 0 Å². The number of rotatable bonds is 6. The number of aryl methyl sites for hydroxylation is 2. The van der Waals surface area contributed by atoms with E-state index in [9.17, 15) is 0 Å². The van der Waals surface area contributed by atoms with Crippen molar-refractivity contribution in [2.75, 3.05) is 11.9 Å². The summed E-state index contributed by atoms with van der Waals surface area (Å²) in [4.78, 5) is 10.7. The highest BCUT2D eigenvalue weighted by Gasteiger charge is 2.11. The molecule has 0 aliphatic heterocycles. The van der Waals surface area contributed by atoms with E-state index in [1.807, 2.05) is 0 Å². The molecule has 0 aliphatic carbocycles. The zero-order valence-corrected chi connectivity index (χ0v) is 15.6. The van der Waals surface area contributed by atoms with Gasteiger partial charge in [-0.2, -0.15) is 0 Å². The first-order chi connectivity index (χ1) is 10.2. The number of thioether (sulfide) groups is 1. The lowest BCUT2D eigenvalue weighted by Crippen LogP contribution is -2.09. The van der Waals surface area contributed by atoms with Gasteiger partial charge in [0.1, 0.15) is 11.6 Å². The minimum atomic E-state index is 0.799. The van der Waals surface area contributed by atoms with E-state index >= 15 is 0 Å². The van der Waals surface area contributed by atoms with Crippen LogP contribution in [0.4, 0.5) is 5.82 Å². The fourth-order valence-electron chi connectivity index (χ4n) is 1.99. The number of hydrogen-bond donors (Lipinski definition) is 1. The molecule has 1 N–H and O–H groups in total. The summed E-state index contributed by atoms with van der Waals surface area (Å²) < 4.78 is 1.14. The average molecular weight is 413 g/mol. The molecule has 1 heterocycles. The zero-order chi connectivity index (χ0) is 15.2. The van der Waals surface area contributed by atoms with Crippen molar-refractivity contribution in [3.63, 3.8) is 0 Å². The predicted molar refractivity (Wildman–Crippen MR) is 99.0 cm³/mol. The average Bonchev–Trinajstić information content (AvgIpc) is 2.49. The Kier molecular flexibility index (Phi) is 6.29. The Hall–Kier alpha value is -0.820. The van der Waals surface area contributed by atoms with Crippen LogP contribution in [0.5, 0.6) is 0 Å². The largest absolute Gasteiger partial charge is 0.369 e. The molecule has 0 saturated carbocycles. The van der Waals surface area contributed by atoms with Gasteiger partial charge in [0.05, 0.1) is 15.0 Å². The van der Waals surface area contributed by atoms with E-state index in [0.717, 1.165) is 39.6 Å². The van der Waals surface area contributed by atoms with Gasteiger partial charge >= 0.3 is 0 Å². The number of nitrogens with one attached hydrogen (secondary N) is 1. The molecule has 0 radical (unpaired) electrons. The second-order valence-electron chi connectivity index (χ2n) is 4.69. The molecular weight excluding hydrogens is 393 g/mol. The van der Waals surface area contributed by atoms with Gasteiger partial charge in [0.2, 0.25) is 0 Å². The van der Waals surface area contributed by atoms with Crippen molar-refractivity contribution in [1.29, 1.82) is 0 Å². The van der Waals surface area contributed by atoms with E-state index in [2.05, 4.69) is 77.9 Å². The molecule has 3 nitrogen and oxygen atoms in total. The van der Waals surface area contributed by atoms with Gasteiger partial charge in [-0.25, -0.2) is 9.97 Å². The Morgan fingerprint density at radius 1 is 1.19 bits per heavy atom. The summed E-state index contributed by atoms with van der Waals surface area (Å²) >= 11 is 4.13. The Labute approximate surface area is 144 Å². The maximum atomic E-state index is 4.70. The molecule has 1 aromatic heterocycles. The number of halogens is 1. The lowest BCUT2D eigenvalue weighted by atomic mass is 10.2. The maximum absolute atomic E-state index is 4.70. The van der Waals surface area contributed by atoms with E-state index in [0.29, 0.717) is 0 Å². The lowest BCUT2D eigenvalue weighted by molar-refractivity contribution is 0.923. The van der Waals surface area contributed by atoms with Gasteiger partial charge in [-0.1, -0.05) is 25.1 Å². The van der Waals surface area contributed by atoms with Gasteiger partial charge in [-0.05, 0) is 54.5 Å². The third kappa shape index (κ3) is 4.32. The van der Waals surface area contributed by atoms with Crippen LogP contribution in [0.1, 0.15) is 30.9 Å². The molecule has 0 spiro atoms. The molecule has 2 aromatic rings. The highest BCUT2D eigenvalue weighted by atomic mass is 127. The highest BCUT2D eigenvalue weighted by molar-refractivity contribution is 14.1. The SMILES string of the molecule is CCNc1nc(CSc2ccccc2C)nc(CC)c1I. The van der Waals surface area contributed by atoms with Crippen LogP contribution >= 0.6 is 34.4 Å². The van der Waals surface area contributed by atoms with Gasteiger partial charge in [-0.15, -0.1) is 11.8 Å². The van der Waals surface area contributed by atoms with Crippen LogP contribution in [0.15, 0.2) is 29.2 Å². The molecule has 5 heteroatoms. The molecule has 2 rings (SSSR count). The van der Waals surface area contributed by atoms with Crippen molar-refractivity contribution in [2.45, 2.75) is 37.8 Å². The fraction of sp³-hybridized carbons (Fsp3) is 0.375. The first kappa shape index (κ1) is 16.5. The van der Waals surface area contributed by atoms with Gasteiger partial charge in [0, 0.05) is 11.4 Å².